The van der Waals surface area contributed by atoms with Crippen molar-refractivity contribution >= 4 is 6.03 Å². The van der Waals surface area contributed by atoms with E-state index in [1.807, 2.05) is 34.7 Å². The van der Waals surface area contributed by atoms with Crippen LogP contribution in [0, 0.1) is 0 Å². The lowest BCUT2D eigenvalue weighted by Crippen LogP contribution is -2.46. The standard InChI is InChI=1S/C22H32N6O2/c1-26-16-24-25-21(26)17-9-13-28(14-10-17)22(29)23-15-19(27-11-5-6-12-27)18-7-3-4-8-20(18)30-2/h3-4,7-8,16-17,19H,5-6,9-15H2,1-2H3,(H,23,29). The number of nitrogens with one attached hydrogen (secondary N) is 1. The average Bonchev–Trinajstić information content (AvgIpc) is 3.46. The van der Waals surface area contributed by atoms with Gasteiger partial charge in [-0.1, -0.05) is 18.2 Å². The van der Waals surface area contributed by atoms with Crippen molar-refractivity contribution in [2.75, 3.05) is 39.8 Å². The number of urea groups is 1. The van der Waals surface area contributed by atoms with E-state index in [1.165, 1.54) is 12.8 Å². The number of hydrogen-bond acceptors (Lipinski definition) is 5. The summed E-state index contributed by atoms with van der Waals surface area (Å²) in [7, 11) is 3.69. The van der Waals surface area contributed by atoms with Gasteiger partial charge in [-0.05, 0) is 44.8 Å². The van der Waals surface area contributed by atoms with Crippen molar-refractivity contribution in [2.24, 2.45) is 7.05 Å². The molecule has 0 radical (unpaired) electrons. The van der Waals surface area contributed by atoms with Crippen molar-refractivity contribution in [3.05, 3.63) is 42.0 Å². The quantitative estimate of drug-likeness (QED) is 0.789. The molecule has 2 aliphatic rings. The molecule has 0 spiro atoms. The summed E-state index contributed by atoms with van der Waals surface area (Å²) in [6.07, 6.45) is 5.99. The van der Waals surface area contributed by atoms with E-state index in [0.717, 1.165) is 56.2 Å². The van der Waals surface area contributed by atoms with E-state index in [9.17, 15) is 4.79 Å². The van der Waals surface area contributed by atoms with E-state index in [0.29, 0.717) is 12.5 Å². The third kappa shape index (κ3) is 4.43. The van der Waals surface area contributed by atoms with Gasteiger partial charge in [-0.2, -0.15) is 0 Å². The molecule has 3 heterocycles. The van der Waals surface area contributed by atoms with Crippen LogP contribution in [0.4, 0.5) is 4.79 Å². The average molecular weight is 413 g/mol. The Balaban J connectivity index is 1.37. The zero-order valence-electron chi connectivity index (χ0n) is 18.0. The highest BCUT2D eigenvalue weighted by Crippen LogP contribution is 2.31. The molecule has 8 heteroatoms. The molecule has 2 aromatic rings. The van der Waals surface area contributed by atoms with Gasteiger partial charge in [0.1, 0.15) is 17.9 Å². The molecule has 1 aromatic heterocycles. The SMILES string of the molecule is COc1ccccc1C(CNC(=O)N1CCC(c2nncn2C)CC1)N1CCCC1. The summed E-state index contributed by atoms with van der Waals surface area (Å²) in [5.74, 6) is 2.26. The first-order valence-corrected chi connectivity index (χ1v) is 10.9. The summed E-state index contributed by atoms with van der Waals surface area (Å²) < 4.78 is 7.58. The van der Waals surface area contributed by atoms with Crippen molar-refractivity contribution in [1.82, 2.24) is 29.9 Å². The van der Waals surface area contributed by atoms with Crippen molar-refractivity contribution in [1.29, 1.82) is 0 Å². The van der Waals surface area contributed by atoms with Crippen molar-refractivity contribution in [3.63, 3.8) is 0 Å². The van der Waals surface area contributed by atoms with Crippen LogP contribution >= 0.6 is 0 Å². The normalized spacial score (nSPS) is 19.1. The molecular formula is C22H32N6O2. The summed E-state index contributed by atoms with van der Waals surface area (Å²) in [4.78, 5) is 17.3. The number of ether oxygens (including phenoxy) is 1. The number of aryl methyl sites for hydroxylation is 1. The zero-order valence-corrected chi connectivity index (χ0v) is 18.0. The van der Waals surface area contributed by atoms with Gasteiger partial charge in [0.25, 0.3) is 0 Å². The lowest BCUT2D eigenvalue weighted by molar-refractivity contribution is 0.172. The molecular weight excluding hydrogens is 380 g/mol. The predicted molar refractivity (Wildman–Crippen MR) is 114 cm³/mol. The van der Waals surface area contributed by atoms with E-state index in [4.69, 9.17) is 4.74 Å². The van der Waals surface area contributed by atoms with Crippen molar-refractivity contribution in [3.8, 4) is 5.75 Å². The molecule has 0 aliphatic carbocycles. The second-order valence-corrected chi connectivity index (χ2v) is 8.25. The number of aromatic nitrogens is 3. The minimum atomic E-state index is 0.0190. The second kappa shape index (κ2) is 9.47. The number of likely N-dealkylation sites (tertiary alicyclic amines) is 2. The molecule has 1 aromatic carbocycles. The number of methoxy groups -OCH3 is 1. The van der Waals surface area contributed by atoms with Crippen molar-refractivity contribution < 1.29 is 9.53 Å². The number of para-hydroxylation sites is 1. The highest BCUT2D eigenvalue weighted by Gasteiger charge is 2.29. The first-order valence-electron chi connectivity index (χ1n) is 10.9. The van der Waals surface area contributed by atoms with Gasteiger partial charge in [0.15, 0.2) is 0 Å². The number of rotatable bonds is 6. The molecule has 30 heavy (non-hydrogen) atoms. The lowest BCUT2D eigenvalue weighted by atomic mass is 9.96. The monoisotopic (exact) mass is 412 g/mol. The Morgan fingerprint density at radius 1 is 1.20 bits per heavy atom. The maximum Gasteiger partial charge on any atom is 0.317 e. The fourth-order valence-electron chi connectivity index (χ4n) is 4.73. The second-order valence-electron chi connectivity index (χ2n) is 8.25. The molecule has 2 amide bonds. The summed E-state index contributed by atoms with van der Waals surface area (Å²) in [5, 5.41) is 11.4. The van der Waals surface area contributed by atoms with Crippen LogP contribution in [0.25, 0.3) is 0 Å². The number of carbonyl (C=O) groups excluding carboxylic acids is 1. The topological polar surface area (TPSA) is 75.5 Å². The molecule has 1 atom stereocenters. The Labute approximate surface area is 178 Å². The number of amides is 2. The Kier molecular flexibility index (Phi) is 6.52. The van der Waals surface area contributed by atoms with Gasteiger partial charge >= 0.3 is 6.03 Å². The van der Waals surface area contributed by atoms with Gasteiger partial charge < -0.3 is 19.5 Å². The summed E-state index contributed by atoms with van der Waals surface area (Å²) in [6.45, 7) is 4.19. The first kappa shape index (κ1) is 20.7. The molecule has 2 fully saturated rings. The Bertz CT molecular complexity index is 840. The van der Waals surface area contributed by atoms with E-state index in [-0.39, 0.29) is 12.1 Å². The van der Waals surface area contributed by atoms with Crippen LogP contribution in [0.15, 0.2) is 30.6 Å². The molecule has 1 N–H and O–H groups in total. The van der Waals surface area contributed by atoms with Crippen LogP contribution in [-0.4, -0.2) is 70.4 Å². The molecule has 0 saturated carbocycles. The van der Waals surface area contributed by atoms with E-state index in [2.05, 4.69) is 26.5 Å². The largest absolute Gasteiger partial charge is 0.496 e. The van der Waals surface area contributed by atoms with Gasteiger partial charge in [-0.15, -0.1) is 10.2 Å². The molecule has 2 saturated heterocycles. The number of nitrogens with zero attached hydrogens (tertiary/aromatic N) is 5. The smallest absolute Gasteiger partial charge is 0.317 e. The molecule has 4 rings (SSSR count). The molecule has 1 unspecified atom stereocenters. The number of hydrogen-bond donors (Lipinski definition) is 1. The van der Waals surface area contributed by atoms with Crippen LogP contribution in [0.5, 0.6) is 5.75 Å². The Morgan fingerprint density at radius 3 is 2.60 bits per heavy atom. The zero-order chi connectivity index (χ0) is 20.9. The molecule has 8 nitrogen and oxygen atoms in total. The minimum absolute atomic E-state index is 0.0190. The highest BCUT2D eigenvalue weighted by atomic mass is 16.5. The van der Waals surface area contributed by atoms with Crippen LogP contribution in [0.1, 0.15) is 49.0 Å². The van der Waals surface area contributed by atoms with Gasteiger partial charge in [-0.25, -0.2) is 4.79 Å². The Hall–Kier alpha value is -2.61. The minimum Gasteiger partial charge on any atom is -0.496 e. The molecule has 2 aliphatic heterocycles. The summed E-state index contributed by atoms with van der Waals surface area (Å²) in [6, 6.07) is 8.29. The predicted octanol–water partition coefficient (Wildman–Crippen LogP) is 2.55. The van der Waals surface area contributed by atoms with Gasteiger partial charge in [0.05, 0.1) is 13.2 Å². The lowest BCUT2D eigenvalue weighted by Gasteiger charge is -2.33. The number of carbonyl (C=O) groups is 1. The third-order valence-electron chi connectivity index (χ3n) is 6.42. The third-order valence-corrected chi connectivity index (χ3v) is 6.42. The maximum atomic E-state index is 12.9. The maximum absolute atomic E-state index is 12.9. The fourth-order valence-corrected chi connectivity index (χ4v) is 4.73. The van der Waals surface area contributed by atoms with Crippen LogP contribution in [0.3, 0.4) is 0 Å². The van der Waals surface area contributed by atoms with E-state index >= 15 is 0 Å². The van der Waals surface area contributed by atoms with Crippen molar-refractivity contribution in [2.45, 2.75) is 37.6 Å². The van der Waals surface area contributed by atoms with Gasteiger partial charge in [0.2, 0.25) is 0 Å². The van der Waals surface area contributed by atoms with Gasteiger partial charge in [-0.3, -0.25) is 4.90 Å². The van der Waals surface area contributed by atoms with Gasteiger partial charge in [0, 0.05) is 38.2 Å². The summed E-state index contributed by atoms with van der Waals surface area (Å²) in [5.41, 5.74) is 1.14. The Morgan fingerprint density at radius 2 is 1.93 bits per heavy atom. The fraction of sp³-hybridized carbons (Fsp3) is 0.591. The van der Waals surface area contributed by atoms with E-state index in [1.54, 1.807) is 13.4 Å². The first-order chi connectivity index (χ1) is 14.7. The number of piperidine rings is 1. The van der Waals surface area contributed by atoms with Crippen LogP contribution < -0.4 is 10.1 Å². The summed E-state index contributed by atoms with van der Waals surface area (Å²) >= 11 is 0. The van der Waals surface area contributed by atoms with Crippen LogP contribution in [-0.2, 0) is 7.05 Å². The molecule has 162 valence electrons. The highest BCUT2D eigenvalue weighted by molar-refractivity contribution is 5.74. The number of benzene rings is 1. The van der Waals surface area contributed by atoms with Crippen LogP contribution in [0.2, 0.25) is 0 Å². The van der Waals surface area contributed by atoms with E-state index < -0.39 is 0 Å². The molecule has 0 bridgehead atoms.